The predicted molar refractivity (Wildman–Crippen MR) is 159 cm³/mol. The smallest absolute Gasteiger partial charge is 0.246 e. The van der Waals surface area contributed by atoms with Crippen molar-refractivity contribution in [1.29, 1.82) is 0 Å². The van der Waals surface area contributed by atoms with E-state index >= 15 is 0 Å². The summed E-state index contributed by atoms with van der Waals surface area (Å²) in [5.74, 6) is -1.24. The normalized spacial score (nSPS) is 12.6. The Kier molecular flexibility index (Phi) is 21.3. The Morgan fingerprint density at radius 1 is 0.667 bits per heavy atom. The molecule has 0 aliphatic carbocycles. The highest BCUT2D eigenvalue weighted by atomic mass is 16.6. The van der Waals surface area contributed by atoms with Gasteiger partial charge in [-0.05, 0) is 37.0 Å². The van der Waals surface area contributed by atoms with Crippen LogP contribution in [0.25, 0.3) is 0 Å². The molecule has 12 nitrogen and oxygen atoms in total. The highest BCUT2D eigenvalue weighted by Gasteiger charge is 2.27. The highest BCUT2D eigenvalue weighted by Crippen LogP contribution is 2.10. The van der Waals surface area contributed by atoms with E-state index in [0.29, 0.717) is 71.8 Å². The van der Waals surface area contributed by atoms with Gasteiger partial charge in [-0.25, -0.2) is 0 Å². The molecule has 12 heteroatoms. The van der Waals surface area contributed by atoms with Crippen LogP contribution in [0, 0.1) is 5.92 Å². The Morgan fingerprint density at radius 2 is 1.14 bits per heavy atom. The number of amides is 3. The van der Waals surface area contributed by atoms with Gasteiger partial charge in [-0.2, -0.15) is 0 Å². The number of hydrogen-bond acceptors (Lipinski definition) is 9. The van der Waals surface area contributed by atoms with Crippen molar-refractivity contribution in [3.05, 3.63) is 29.8 Å². The van der Waals surface area contributed by atoms with Gasteiger partial charge < -0.3 is 44.4 Å². The lowest BCUT2D eigenvalue weighted by molar-refractivity contribution is -0.132. The maximum Gasteiger partial charge on any atom is 0.246 e. The summed E-state index contributed by atoms with van der Waals surface area (Å²) in [5.41, 5.74) is 1.82. The SMILES string of the molecule is CCc1ccc(NC(=O)[C@H](C)NC(=O)C(NC(=O)CCOCCOCCOCCOCCOCCOC)C(C)C)cc1. The number of benzene rings is 1. The van der Waals surface area contributed by atoms with Crippen LogP contribution in [0.15, 0.2) is 24.3 Å². The second-order valence-corrected chi connectivity index (χ2v) is 9.86. The van der Waals surface area contributed by atoms with Gasteiger partial charge in [-0.3, -0.25) is 14.4 Å². The summed E-state index contributed by atoms with van der Waals surface area (Å²) in [4.78, 5) is 37.8. The van der Waals surface area contributed by atoms with Crippen LogP contribution >= 0.6 is 0 Å². The number of methoxy groups -OCH3 is 1. The number of aryl methyl sites for hydroxylation is 1. The number of anilines is 1. The van der Waals surface area contributed by atoms with Gasteiger partial charge in [0.2, 0.25) is 17.7 Å². The zero-order valence-corrected chi connectivity index (χ0v) is 25.9. The third kappa shape index (κ3) is 18.0. The van der Waals surface area contributed by atoms with Crippen LogP contribution in [-0.2, 0) is 49.2 Å². The zero-order chi connectivity index (χ0) is 31.0. The standard InChI is InChI=1S/C30H51N3O9/c1-6-25-7-9-26(10-8-25)32-29(35)24(4)31-30(36)28(23(2)3)33-27(34)11-12-38-15-16-40-19-20-42-22-21-41-18-17-39-14-13-37-5/h7-10,23-24,28H,6,11-22H2,1-5H3,(H,31,36)(H,32,35)(H,33,34)/t24-,28?/m0/s1. The number of rotatable bonds is 25. The molecule has 0 bridgehead atoms. The molecule has 240 valence electrons. The molecular weight excluding hydrogens is 546 g/mol. The van der Waals surface area contributed by atoms with Crippen molar-refractivity contribution in [2.45, 2.75) is 52.6 Å². The monoisotopic (exact) mass is 597 g/mol. The topological polar surface area (TPSA) is 143 Å². The summed E-state index contributed by atoms with van der Waals surface area (Å²) < 4.78 is 31.9. The van der Waals surface area contributed by atoms with Crippen molar-refractivity contribution in [2.75, 3.05) is 85.1 Å². The van der Waals surface area contributed by atoms with E-state index in [1.165, 1.54) is 5.56 Å². The third-order valence-electron chi connectivity index (χ3n) is 6.04. The summed E-state index contributed by atoms with van der Waals surface area (Å²) in [7, 11) is 1.63. The van der Waals surface area contributed by atoms with Crippen LogP contribution < -0.4 is 16.0 Å². The summed E-state index contributed by atoms with van der Waals surface area (Å²) in [6.07, 6.45) is 1.01. The Bertz CT molecular complexity index is 868. The molecule has 3 N–H and O–H groups in total. The molecule has 0 aliphatic rings. The molecule has 1 unspecified atom stereocenters. The third-order valence-corrected chi connectivity index (χ3v) is 6.04. The quantitative estimate of drug-likeness (QED) is 0.144. The van der Waals surface area contributed by atoms with Gasteiger partial charge in [0, 0.05) is 19.2 Å². The van der Waals surface area contributed by atoms with Gasteiger partial charge in [-0.15, -0.1) is 0 Å². The number of carbonyl (C=O) groups excluding carboxylic acids is 3. The fourth-order valence-corrected chi connectivity index (χ4v) is 3.51. The first kappa shape index (κ1) is 37.4. The molecule has 0 aliphatic heterocycles. The molecule has 0 spiro atoms. The second-order valence-electron chi connectivity index (χ2n) is 9.86. The Labute approximate surface area is 250 Å². The second kappa shape index (κ2) is 23.9. The van der Waals surface area contributed by atoms with Gasteiger partial charge >= 0.3 is 0 Å². The largest absolute Gasteiger partial charge is 0.382 e. The van der Waals surface area contributed by atoms with Crippen LogP contribution in [0.3, 0.4) is 0 Å². The van der Waals surface area contributed by atoms with Crippen LogP contribution in [0.4, 0.5) is 5.69 Å². The molecule has 3 amide bonds. The van der Waals surface area contributed by atoms with E-state index in [4.69, 9.17) is 28.4 Å². The fraction of sp³-hybridized carbons (Fsp3) is 0.700. The van der Waals surface area contributed by atoms with Gasteiger partial charge in [0.25, 0.3) is 0 Å². The summed E-state index contributed by atoms with van der Waals surface area (Å²) in [6.45, 7) is 12.2. The minimum Gasteiger partial charge on any atom is -0.382 e. The molecular formula is C30H51N3O9. The van der Waals surface area contributed by atoms with E-state index < -0.39 is 18.0 Å². The maximum atomic E-state index is 12.8. The van der Waals surface area contributed by atoms with Crippen molar-refractivity contribution in [2.24, 2.45) is 5.92 Å². The van der Waals surface area contributed by atoms with Gasteiger partial charge in [0.05, 0.1) is 72.7 Å². The van der Waals surface area contributed by atoms with Crippen molar-refractivity contribution in [3.8, 4) is 0 Å². The fourth-order valence-electron chi connectivity index (χ4n) is 3.51. The molecule has 0 heterocycles. The van der Waals surface area contributed by atoms with Gasteiger partial charge in [0.1, 0.15) is 12.1 Å². The lowest BCUT2D eigenvalue weighted by Crippen LogP contribution is -2.53. The van der Waals surface area contributed by atoms with Crippen molar-refractivity contribution in [1.82, 2.24) is 10.6 Å². The van der Waals surface area contributed by atoms with Crippen molar-refractivity contribution >= 4 is 23.4 Å². The molecule has 0 radical (unpaired) electrons. The van der Waals surface area contributed by atoms with E-state index in [1.807, 2.05) is 38.1 Å². The first-order valence-corrected chi connectivity index (χ1v) is 14.7. The lowest BCUT2D eigenvalue weighted by Gasteiger charge is -2.24. The van der Waals surface area contributed by atoms with Crippen LogP contribution in [0.2, 0.25) is 0 Å². The molecule has 1 rings (SSSR count). The van der Waals surface area contributed by atoms with Crippen LogP contribution in [0.5, 0.6) is 0 Å². The molecule has 2 atom stereocenters. The first-order valence-electron chi connectivity index (χ1n) is 14.7. The molecule has 0 aromatic heterocycles. The average Bonchev–Trinajstić information content (AvgIpc) is 2.97. The number of carbonyl (C=O) groups is 3. The maximum absolute atomic E-state index is 12.8. The van der Waals surface area contributed by atoms with E-state index in [1.54, 1.807) is 14.0 Å². The van der Waals surface area contributed by atoms with E-state index in [9.17, 15) is 14.4 Å². The predicted octanol–water partition coefficient (Wildman–Crippen LogP) is 1.95. The Morgan fingerprint density at radius 3 is 1.60 bits per heavy atom. The van der Waals surface area contributed by atoms with Crippen molar-refractivity contribution in [3.63, 3.8) is 0 Å². The molecule has 0 saturated carbocycles. The summed E-state index contributed by atoms with van der Waals surface area (Å²) in [6, 6.07) is 5.99. The molecule has 0 fully saturated rings. The minimum atomic E-state index is -0.778. The van der Waals surface area contributed by atoms with Crippen molar-refractivity contribution < 1.29 is 42.8 Å². The zero-order valence-electron chi connectivity index (χ0n) is 25.9. The molecule has 1 aromatic rings. The number of hydrogen-bond donors (Lipinski definition) is 3. The van der Waals surface area contributed by atoms with E-state index in [2.05, 4.69) is 22.9 Å². The van der Waals surface area contributed by atoms with E-state index in [-0.39, 0.29) is 30.8 Å². The van der Waals surface area contributed by atoms with Crippen LogP contribution in [0.1, 0.15) is 39.7 Å². The highest BCUT2D eigenvalue weighted by molar-refractivity contribution is 5.98. The molecule has 42 heavy (non-hydrogen) atoms. The van der Waals surface area contributed by atoms with Gasteiger partial charge in [-0.1, -0.05) is 32.9 Å². The van der Waals surface area contributed by atoms with Gasteiger partial charge in [0.15, 0.2) is 0 Å². The average molecular weight is 598 g/mol. The minimum absolute atomic E-state index is 0.0980. The first-order chi connectivity index (χ1) is 20.3. The Hall–Kier alpha value is -2.61. The number of nitrogens with one attached hydrogen (secondary N) is 3. The number of ether oxygens (including phenoxy) is 6. The molecule has 0 saturated heterocycles. The Balaban J connectivity index is 2.13. The molecule has 1 aromatic carbocycles. The summed E-state index contributed by atoms with van der Waals surface area (Å²) in [5, 5.41) is 8.24. The van der Waals surface area contributed by atoms with Crippen LogP contribution in [-0.4, -0.2) is 110 Å². The van der Waals surface area contributed by atoms with E-state index in [0.717, 1.165) is 6.42 Å². The lowest BCUT2D eigenvalue weighted by atomic mass is 10.0. The summed E-state index contributed by atoms with van der Waals surface area (Å²) >= 11 is 0.